The average Bonchev–Trinajstić information content (AvgIpc) is 3.17. The summed E-state index contributed by atoms with van der Waals surface area (Å²) in [6, 6.07) is 6.17. The number of rotatable bonds is 3. The lowest BCUT2D eigenvalue weighted by Gasteiger charge is -2.10. The molecule has 2 heterocycles. The lowest BCUT2D eigenvalue weighted by Crippen LogP contribution is -2.12. The molecule has 0 saturated carbocycles. The van der Waals surface area contributed by atoms with Crippen molar-refractivity contribution < 1.29 is 13.9 Å². The number of benzene rings is 1. The molecule has 0 aliphatic carbocycles. The van der Waals surface area contributed by atoms with Crippen molar-refractivity contribution in [2.75, 3.05) is 12.8 Å². The molecule has 0 saturated heterocycles. The zero-order valence-electron chi connectivity index (χ0n) is 13.4. The van der Waals surface area contributed by atoms with Gasteiger partial charge in [-0.15, -0.1) is 5.10 Å². The molecule has 3 rings (SSSR count). The molecule has 126 valence electrons. The van der Waals surface area contributed by atoms with Crippen molar-refractivity contribution in [3.05, 3.63) is 53.4 Å². The molecule has 0 atom stereocenters. The quantitative estimate of drug-likeness (QED) is 0.727. The van der Waals surface area contributed by atoms with Gasteiger partial charge >= 0.3 is 5.97 Å². The molecule has 0 amide bonds. The van der Waals surface area contributed by atoms with Gasteiger partial charge in [-0.05, 0) is 19.1 Å². The first kappa shape index (κ1) is 16.2. The first-order valence-electron chi connectivity index (χ1n) is 7.14. The van der Waals surface area contributed by atoms with Gasteiger partial charge in [0.15, 0.2) is 5.69 Å². The Morgan fingerprint density at radius 3 is 2.72 bits per heavy atom. The van der Waals surface area contributed by atoms with E-state index in [9.17, 15) is 9.18 Å². The summed E-state index contributed by atoms with van der Waals surface area (Å²) in [4.78, 5) is 12.0. The fourth-order valence-electron chi connectivity index (χ4n) is 2.41. The molecule has 1 aromatic carbocycles. The highest BCUT2D eigenvalue weighted by Gasteiger charge is 2.23. The Hall–Kier alpha value is -3.67. The van der Waals surface area contributed by atoms with E-state index in [0.717, 1.165) is 0 Å². The van der Waals surface area contributed by atoms with Crippen LogP contribution in [0.25, 0.3) is 11.4 Å². The van der Waals surface area contributed by atoms with Gasteiger partial charge in [0.2, 0.25) is 0 Å². The van der Waals surface area contributed by atoms with E-state index in [1.54, 1.807) is 19.2 Å². The van der Waals surface area contributed by atoms with Crippen molar-refractivity contribution in [2.24, 2.45) is 0 Å². The van der Waals surface area contributed by atoms with Crippen LogP contribution in [-0.4, -0.2) is 32.6 Å². The summed E-state index contributed by atoms with van der Waals surface area (Å²) in [7, 11) is 1.18. The third-order valence-electron chi connectivity index (χ3n) is 3.61. The van der Waals surface area contributed by atoms with Crippen LogP contribution in [0.5, 0.6) is 0 Å². The molecule has 0 aliphatic rings. The molecule has 9 heteroatoms. The van der Waals surface area contributed by atoms with E-state index < -0.39 is 11.8 Å². The molecule has 0 spiro atoms. The van der Waals surface area contributed by atoms with Gasteiger partial charge in [0.05, 0.1) is 41.6 Å². The number of carbonyl (C=O) groups excluding carboxylic acids is 1. The zero-order chi connectivity index (χ0) is 18.1. The Morgan fingerprint density at radius 2 is 2.16 bits per heavy atom. The van der Waals surface area contributed by atoms with Crippen molar-refractivity contribution in [3.63, 3.8) is 0 Å². The van der Waals surface area contributed by atoms with Crippen molar-refractivity contribution >= 4 is 11.7 Å². The van der Waals surface area contributed by atoms with E-state index in [0.29, 0.717) is 11.4 Å². The number of nitrogen functional groups attached to an aromatic ring is 1. The Morgan fingerprint density at radius 1 is 1.40 bits per heavy atom. The monoisotopic (exact) mass is 340 g/mol. The van der Waals surface area contributed by atoms with Crippen LogP contribution in [0.15, 0.2) is 30.6 Å². The summed E-state index contributed by atoms with van der Waals surface area (Å²) in [5.74, 6) is -1.40. The van der Waals surface area contributed by atoms with E-state index in [-0.39, 0.29) is 22.6 Å². The molecule has 0 bridgehead atoms. The standard InChI is InChI=1S/C16H13FN6O2/c1-9-7-23(21-20-9)11-3-4-13(12(17)5-11)22-8-10(6-18)14(19)15(22)16(24)25-2/h3-5,7-8H,19H2,1-2H3. The first-order chi connectivity index (χ1) is 12.0. The van der Waals surface area contributed by atoms with Crippen LogP contribution in [0, 0.1) is 24.1 Å². The smallest absolute Gasteiger partial charge is 0.357 e. The second-order valence-corrected chi connectivity index (χ2v) is 5.22. The summed E-state index contributed by atoms with van der Waals surface area (Å²) in [5.41, 5.74) is 6.89. The molecule has 0 aliphatic heterocycles. The summed E-state index contributed by atoms with van der Waals surface area (Å²) in [6.45, 7) is 1.77. The molecular weight excluding hydrogens is 327 g/mol. The number of methoxy groups -OCH3 is 1. The number of aryl methyl sites for hydroxylation is 1. The van der Waals surface area contributed by atoms with Crippen LogP contribution in [0.2, 0.25) is 0 Å². The predicted octanol–water partition coefficient (Wildman–Crippen LogP) is 1.75. The van der Waals surface area contributed by atoms with Gasteiger partial charge in [0.1, 0.15) is 11.9 Å². The maximum atomic E-state index is 14.7. The lowest BCUT2D eigenvalue weighted by molar-refractivity contribution is 0.0593. The lowest BCUT2D eigenvalue weighted by atomic mass is 10.2. The highest BCUT2D eigenvalue weighted by Crippen LogP contribution is 2.27. The minimum Gasteiger partial charge on any atom is -0.464 e. The maximum absolute atomic E-state index is 14.7. The Kier molecular flexibility index (Phi) is 3.94. The molecule has 3 aromatic rings. The van der Waals surface area contributed by atoms with Gasteiger partial charge in [0, 0.05) is 12.3 Å². The number of aromatic nitrogens is 4. The van der Waals surface area contributed by atoms with Crippen molar-refractivity contribution in [1.82, 2.24) is 19.6 Å². The van der Waals surface area contributed by atoms with Gasteiger partial charge in [-0.2, -0.15) is 5.26 Å². The Labute approximate surface area is 141 Å². The minimum atomic E-state index is -0.769. The topological polar surface area (TPSA) is 112 Å². The molecule has 0 radical (unpaired) electrons. The second kappa shape index (κ2) is 6.09. The minimum absolute atomic E-state index is 0.0502. The predicted molar refractivity (Wildman–Crippen MR) is 85.8 cm³/mol. The van der Waals surface area contributed by atoms with E-state index >= 15 is 0 Å². The second-order valence-electron chi connectivity index (χ2n) is 5.22. The summed E-state index contributed by atoms with van der Waals surface area (Å²) >= 11 is 0. The largest absolute Gasteiger partial charge is 0.464 e. The summed E-state index contributed by atoms with van der Waals surface area (Å²) in [6.07, 6.45) is 2.94. The maximum Gasteiger partial charge on any atom is 0.357 e. The van der Waals surface area contributed by atoms with E-state index in [2.05, 4.69) is 15.0 Å². The van der Waals surface area contributed by atoms with Crippen molar-refractivity contribution in [3.8, 4) is 17.4 Å². The van der Waals surface area contributed by atoms with Crippen molar-refractivity contribution in [1.29, 1.82) is 5.26 Å². The molecule has 0 unspecified atom stereocenters. The number of nitriles is 1. The van der Waals surface area contributed by atoms with Crippen LogP contribution in [0.1, 0.15) is 21.7 Å². The Bertz CT molecular complexity index is 1010. The number of esters is 1. The van der Waals surface area contributed by atoms with Crippen LogP contribution in [0.4, 0.5) is 10.1 Å². The third kappa shape index (κ3) is 2.70. The number of ether oxygens (including phenoxy) is 1. The van der Waals surface area contributed by atoms with Gasteiger partial charge in [-0.3, -0.25) is 0 Å². The van der Waals surface area contributed by atoms with E-state index in [4.69, 9.17) is 11.0 Å². The van der Waals surface area contributed by atoms with Gasteiger partial charge in [-0.1, -0.05) is 5.21 Å². The number of hydrogen-bond donors (Lipinski definition) is 1. The number of halogens is 1. The van der Waals surface area contributed by atoms with Crippen LogP contribution in [0.3, 0.4) is 0 Å². The molecular formula is C16H13FN6O2. The fourth-order valence-corrected chi connectivity index (χ4v) is 2.41. The molecule has 2 N–H and O–H groups in total. The normalized spacial score (nSPS) is 10.5. The van der Waals surface area contributed by atoms with Crippen LogP contribution >= 0.6 is 0 Å². The van der Waals surface area contributed by atoms with E-state index in [1.165, 1.54) is 34.7 Å². The first-order valence-corrected chi connectivity index (χ1v) is 7.14. The molecule has 8 nitrogen and oxygen atoms in total. The zero-order valence-corrected chi connectivity index (χ0v) is 13.4. The third-order valence-corrected chi connectivity index (χ3v) is 3.61. The van der Waals surface area contributed by atoms with Crippen LogP contribution in [-0.2, 0) is 4.74 Å². The van der Waals surface area contributed by atoms with E-state index in [1.807, 2.05) is 6.07 Å². The summed E-state index contributed by atoms with van der Waals surface area (Å²) < 4.78 is 22.0. The number of nitrogens with two attached hydrogens (primary N) is 1. The highest BCUT2D eigenvalue weighted by atomic mass is 19.1. The molecule has 25 heavy (non-hydrogen) atoms. The summed E-state index contributed by atoms with van der Waals surface area (Å²) in [5, 5.41) is 16.8. The van der Waals surface area contributed by atoms with Gasteiger partial charge < -0.3 is 15.0 Å². The molecule has 2 aromatic heterocycles. The SMILES string of the molecule is COC(=O)c1c(N)c(C#N)cn1-c1ccc(-n2cc(C)nn2)cc1F. The Balaban J connectivity index is 2.14. The van der Waals surface area contributed by atoms with Gasteiger partial charge in [-0.25, -0.2) is 13.9 Å². The number of anilines is 1. The number of hydrogen-bond acceptors (Lipinski definition) is 6. The number of nitrogens with zero attached hydrogens (tertiary/aromatic N) is 5. The van der Waals surface area contributed by atoms with Crippen LogP contribution < -0.4 is 5.73 Å². The fraction of sp³-hybridized carbons (Fsp3) is 0.125. The molecule has 0 fully saturated rings. The average molecular weight is 340 g/mol. The number of carbonyl (C=O) groups is 1. The van der Waals surface area contributed by atoms with Gasteiger partial charge in [0.25, 0.3) is 0 Å². The highest BCUT2D eigenvalue weighted by molar-refractivity contribution is 5.96. The van der Waals surface area contributed by atoms with Crippen molar-refractivity contribution in [2.45, 2.75) is 6.92 Å².